The van der Waals surface area contributed by atoms with E-state index in [0.29, 0.717) is 17.3 Å². The van der Waals surface area contributed by atoms with Crippen LogP contribution in [-0.2, 0) is 13.0 Å². The Morgan fingerprint density at radius 1 is 1.32 bits per heavy atom. The second-order valence-corrected chi connectivity index (χ2v) is 5.85. The topological polar surface area (TPSA) is 54.9 Å². The van der Waals surface area contributed by atoms with Gasteiger partial charge in [-0.2, -0.15) is 0 Å². The van der Waals surface area contributed by atoms with Crippen molar-refractivity contribution in [3.8, 4) is 0 Å². The number of thioether (sulfide) groups is 1. The molecule has 0 saturated carbocycles. The molecule has 1 aromatic heterocycles. The number of carbonyl (C=O) groups is 1. The molecule has 1 N–H and O–H groups in total. The first-order valence-corrected chi connectivity index (χ1v) is 8.60. The van der Waals surface area contributed by atoms with Crippen LogP contribution < -0.4 is 5.32 Å². The van der Waals surface area contributed by atoms with E-state index in [1.165, 1.54) is 17.3 Å². The van der Waals surface area contributed by atoms with Crippen LogP contribution in [0.25, 0.3) is 0 Å². The first-order chi connectivity index (χ1) is 10.7. The van der Waals surface area contributed by atoms with Crippen LogP contribution in [0.2, 0.25) is 0 Å². The summed E-state index contributed by atoms with van der Waals surface area (Å²) < 4.78 is 0. The summed E-state index contributed by atoms with van der Waals surface area (Å²) in [6, 6.07) is 8.04. The molecule has 1 amide bonds. The SMILES string of the molecule is CCCc1nc(SC)ncc1C(=O)NCc1ccccc1C. The van der Waals surface area contributed by atoms with Crippen LogP contribution in [0.15, 0.2) is 35.6 Å². The highest BCUT2D eigenvalue weighted by Gasteiger charge is 2.14. The number of aryl methyl sites for hydroxylation is 2. The second-order valence-electron chi connectivity index (χ2n) is 5.08. The van der Waals surface area contributed by atoms with Crippen molar-refractivity contribution in [3.05, 3.63) is 52.8 Å². The maximum atomic E-state index is 12.4. The molecule has 116 valence electrons. The Bertz CT molecular complexity index is 658. The van der Waals surface area contributed by atoms with E-state index in [1.807, 2.05) is 37.4 Å². The number of carbonyl (C=O) groups excluding carboxylic acids is 1. The average Bonchev–Trinajstić information content (AvgIpc) is 2.54. The Hall–Kier alpha value is -1.88. The van der Waals surface area contributed by atoms with Gasteiger partial charge in [0.2, 0.25) is 0 Å². The van der Waals surface area contributed by atoms with Gasteiger partial charge >= 0.3 is 0 Å². The third-order valence-electron chi connectivity index (χ3n) is 3.46. The number of benzene rings is 1. The van der Waals surface area contributed by atoms with E-state index in [1.54, 1.807) is 6.20 Å². The zero-order chi connectivity index (χ0) is 15.9. The predicted molar refractivity (Wildman–Crippen MR) is 90.2 cm³/mol. The van der Waals surface area contributed by atoms with E-state index in [2.05, 4.69) is 22.2 Å². The Balaban J connectivity index is 2.13. The van der Waals surface area contributed by atoms with Crippen LogP contribution in [0.4, 0.5) is 0 Å². The lowest BCUT2D eigenvalue weighted by molar-refractivity contribution is 0.0949. The fourth-order valence-electron chi connectivity index (χ4n) is 2.19. The van der Waals surface area contributed by atoms with Crippen LogP contribution >= 0.6 is 11.8 Å². The van der Waals surface area contributed by atoms with Gasteiger partial charge in [-0.3, -0.25) is 4.79 Å². The molecule has 22 heavy (non-hydrogen) atoms. The van der Waals surface area contributed by atoms with Crippen LogP contribution in [0.3, 0.4) is 0 Å². The molecular formula is C17H21N3OS. The lowest BCUT2D eigenvalue weighted by Crippen LogP contribution is -2.25. The Morgan fingerprint density at radius 3 is 2.77 bits per heavy atom. The molecule has 4 nitrogen and oxygen atoms in total. The van der Waals surface area contributed by atoms with E-state index in [9.17, 15) is 4.79 Å². The molecule has 0 atom stereocenters. The van der Waals surface area contributed by atoms with Crippen molar-refractivity contribution in [2.24, 2.45) is 0 Å². The maximum Gasteiger partial charge on any atom is 0.254 e. The summed E-state index contributed by atoms with van der Waals surface area (Å²) in [5.41, 5.74) is 3.69. The minimum atomic E-state index is -0.112. The smallest absolute Gasteiger partial charge is 0.254 e. The lowest BCUT2D eigenvalue weighted by Gasteiger charge is -2.11. The highest BCUT2D eigenvalue weighted by atomic mass is 32.2. The Labute approximate surface area is 135 Å². The van der Waals surface area contributed by atoms with Gasteiger partial charge in [-0.1, -0.05) is 49.4 Å². The molecule has 1 aromatic carbocycles. The van der Waals surface area contributed by atoms with Gasteiger partial charge in [0.05, 0.1) is 11.3 Å². The largest absolute Gasteiger partial charge is 0.348 e. The van der Waals surface area contributed by atoms with Crippen molar-refractivity contribution in [1.82, 2.24) is 15.3 Å². The number of nitrogens with one attached hydrogen (secondary N) is 1. The molecule has 0 aliphatic carbocycles. The minimum absolute atomic E-state index is 0.112. The fraction of sp³-hybridized carbons (Fsp3) is 0.353. The molecule has 0 radical (unpaired) electrons. The number of hydrogen-bond donors (Lipinski definition) is 1. The zero-order valence-electron chi connectivity index (χ0n) is 13.2. The summed E-state index contributed by atoms with van der Waals surface area (Å²) in [4.78, 5) is 21.1. The molecule has 2 rings (SSSR count). The summed E-state index contributed by atoms with van der Waals surface area (Å²) in [5.74, 6) is -0.112. The van der Waals surface area contributed by atoms with Gasteiger partial charge in [0.15, 0.2) is 5.16 Å². The standard InChI is InChI=1S/C17H21N3OS/c1-4-7-15-14(11-19-17(20-15)22-3)16(21)18-10-13-9-6-5-8-12(13)2/h5-6,8-9,11H,4,7,10H2,1-3H3,(H,18,21). The van der Waals surface area contributed by atoms with E-state index in [-0.39, 0.29) is 5.91 Å². The summed E-state index contributed by atoms with van der Waals surface area (Å²) >= 11 is 1.49. The van der Waals surface area contributed by atoms with Crippen molar-refractivity contribution in [1.29, 1.82) is 0 Å². The van der Waals surface area contributed by atoms with Crippen molar-refractivity contribution in [2.45, 2.75) is 38.4 Å². The summed E-state index contributed by atoms with van der Waals surface area (Å²) in [5, 5.41) is 3.67. The van der Waals surface area contributed by atoms with Gasteiger partial charge in [-0.05, 0) is 30.7 Å². The summed E-state index contributed by atoms with van der Waals surface area (Å²) in [6.45, 7) is 4.64. The van der Waals surface area contributed by atoms with Crippen LogP contribution in [0.5, 0.6) is 0 Å². The van der Waals surface area contributed by atoms with Gasteiger partial charge in [-0.25, -0.2) is 9.97 Å². The molecule has 1 heterocycles. The number of amides is 1. The predicted octanol–water partition coefficient (Wildman–Crippen LogP) is 3.39. The van der Waals surface area contributed by atoms with E-state index in [4.69, 9.17) is 0 Å². The number of rotatable bonds is 6. The van der Waals surface area contributed by atoms with Crippen molar-refractivity contribution < 1.29 is 4.79 Å². The van der Waals surface area contributed by atoms with Gasteiger partial charge in [0.1, 0.15) is 0 Å². The van der Waals surface area contributed by atoms with Gasteiger partial charge < -0.3 is 5.32 Å². The highest BCUT2D eigenvalue weighted by Crippen LogP contribution is 2.14. The van der Waals surface area contributed by atoms with Crippen LogP contribution in [0, 0.1) is 6.92 Å². The fourth-order valence-corrected chi connectivity index (χ4v) is 2.55. The first kappa shape index (κ1) is 16.5. The highest BCUT2D eigenvalue weighted by molar-refractivity contribution is 7.98. The van der Waals surface area contributed by atoms with Gasteiger partial charge in [0, 0.05) is 12.7 Å². The minimum Gasteiger partial charge on any atom is -0.348 e. The Kier molecular flexibility index (Phi) is 5.95. The molecule has 0 unspecified atom stereocenters. The molecule has 0 spiro atoms. The number of hydrogen-bond acceptors (Lipinski definition) is 4. The summed E-state index contributed by atoms with van der Waals surface area (Å²) in [6.07, 6.45) is 5.30. The molecule has 0 aliphatic rings. The number of aromatic nitrogens is 2. The third-order valence-corrected chi connectivity index (χ3v) is 4.02. The maximum absolute atomic E-state index is 12.4. The van der Waals surface area contributed by atoms with Gasteiger partial charge in [0.25, 0.3) is 5.91 Å². The summed E-state index contributed by atoms with van der Waals surface area (Å²) in [7, 11) is 0. The quantitative estimate of drug-likeness (QED) is 0.656. The van der Waals surface area contributed by atoms with Crippen molar-refractivity contribution in [3.63, 3.8) is 0 Å². The molecule has 0 fully saturated rings. The first-order valence-electron chi connectivity index (χ1n) is 7.38. The molecule has 5 heteroatoms. The molecule has 0 aliphatic heterocycles. The molecule has 2 aromatic rings. The van der Waals surface area contributed by atoms with E-state index >= 15 is 0 Å². The van der Waals surface area contributed by atoms with Gasteiger partial charge in [-0.15, -0.1) is 0 Å². The third kappa shape index (κ3) is 4.07. The number of nitrogens with zero attached hydrogens (tertiary/aromatic N) is 2. The Morgan fingerprint density at radius 2 is 2.09 bits per heavy atom. The van der Waals surface area contributed by atoms with E-state index < -0.39 is 0 Å². The molecule has 0 saturated heterocycles. The molecular weight excluding hydrogens is 294 g/mol. The molecule has 0 bridgehead atoms. The zero-order valence-corrected chi connectivity index (χ0v) is 14.0. The van der Waals surface area contributed by atoms with Crippen molar-refractivity contribution in [2.75, 3.05) is 6.26 Å². The van der Waals surface area contributed by atoms with Crippen molar-refractivity contribution >= 4 is 17.7 Å². The second kappa shape index (κ2) is 7.94. The van der Waals surface area contributed by atoms with Crippen LogP contribution in [-0.4, -0.2) is 22.1 Å². The van der Waals surface area contributed by atoms with Crippen LogP contribution in [0.1, 0.15) is 40.5 Å². The normalized spacial score (nSPS) is 10.5. The monoisotopic (exact) mass is 315 g/mol. The average molecular weight is 315 g/mol. The lowest BCUT2D eigenvalue weighted by atomic mass is 10.1. The van der Waals surface area contributed by atoms with E-state index in [0.717, 1.165) is 24.1 Å².